The SMILES string of the molecule is C=CCN(C)C(CNC(C)(C)C)c1ccccc1. The standard InChI is InChI=1S/C16H26N2/c1-6-12-18(5)15(13-17-16(2,3)4)14-10-8-7-9-11-14/h6-11,15,17H,1,12-13H2,2-5H3. The van der Waals surface area contributed by atoms with Gasteiger partial charge >= 0.3 is 0 Å². The Morgan fingerprint density at radius 2 is 1.89 bits per heavy atom. The van der Waals surface area contributed by atoms with E-state index in [1.165, 1.54) is 5.56 Å². The average molecular weight is 246 g/mol. The Labute approximate surface area is 112 Å². The molecule has 100 valence electrons. The van der Waals surface area contributed by atoms with Gasteiger partial charge in [0.05, 0.1) is 0 Å². The summed E-state index contributed by atoms with van der Waals surface area (Å²) in [6.07, 6.45) is 1.95. The molecule has 0 aliphatic carbocycles. The van der Waals surface area contributed by atoms with Crippen molar-refractivity contribution in [3.63, 3.8) is 0 Å². The Morgan fingerprint density at radius 1 is 1.28 bits per heavy atom. The largest absolute Gasteiger partial charge is 0.310 e. The van der Waals surface area contributed by atoms with Gasteiger partial charge in [0.1, 0.15) is 0 Å². The summed E-state index contributed by atoms with van der Waals surface area (Å²) in [6, 6.07) is 11.0. The predicted molar refractivity (Wildman–Crippen MR) is 79.8 cm³/mol. The van der Waals surface area contributed by atoms with E-state index >= 15 is 0 Å². The van der Waals surface area contributed by atoms with Crippen molar-refractivity contribution in [3.8, 4) is 0 Å². The Bertz CT molecular complexity index is 351. The van der Waals surface area contributed by atoms with Crippen molar-refractivity contribution in [2.45, 2.75) is 32.4 Å². The Kier molecular flexibility index (Phi) is 5.57. The fourth-order valence-electron chi connectivity index (χ4n) is 1.94. The van der Waals surface area contributed by atoms with E-state index < -0.39 is 0 Å². The van der Waals surface area contributed by atoms with Crippen molar-refractivity contribution in [3.05, 3.63) is 48.6 Å². The van der Waals surface area contributed by atoms with Crippen LogP contribution in [-0.4, -0.2) is 30.6 Å². The number of hydrogen-bond donors (Lipinski definition) is 1. The third kappa shape index (κ3) is 5.03. The number of nitrogens with one attached hydrogen (secondary N) is 1. The topological polar surface area (TPSA) is 15.3 Å². The fraction of sp³-hybridized carbons (Fsp3) is 0.500. The number of nitrogens with zero attached hydrogens (tertiary/aromatic N) is 1. The maximum Gasteiger partial charge on any atom is 0.0473 e. The van der Waals surface area contributed by atoms with Gasteiger partial charge in [-0.2, -0.15) is 0 Å². The summed E-state index contributed by atoms with van der Waals surface area (Å²) in [6.45, 7) is 12.3. The quantitative estimate of drug-likeness (QED) is 0.775. The molecule has 2 heteroatoms. The van der Waals surface area contributed by atoms with Gasteiger partial charge in [0.25, 0.3) is 0 Å². The van der Waals surface area contributed by atoms with Crippen LogP contribution in [0.5, 0.6) is 0 Å². The van der Waals surface area contributed by atoms with Gasteiger partial charge in [-0.25, -0.2) is 0 Å². The zero-order valence-corrected chi connectivity index (χ0v) is 12.1. The second kappa shape index (κ2) is 6.72. The first-order valence-corrected chi connectivity index (χ1v) is 6.55. The smallest absolute Gasteiger partial charge is 0.0473 e. The van der Waals surface area contributed by atoms with Crippen molar-refractivity contribution in [1.82, 2.24) is 10.2 Å². The molecular weight excluding hydrogens is 220 g/mol. The van der Waals surface area contributed by atoms with E-state index in [1.54, 1.807) is 0 Å². The first kappa shape index (κ1) is 14.9. The Hall–Kier alpha value is -1.12. The summed E-state index contributed by atoms with van der Waals surface area (Å²) in [4.78, 5) is 2.32. The maximum atomic E-state index is 3.82. The van der Waals surface area contributed by atoms with Gasteiger partial charge in [0.2, 0.25) is 0 Å². The molecule has 0 amide bonds. The lowest BCUT2D eigenvalue weighted by Crippen LogP contribution is -2.42. The van der Waals surface area contributed by atoms with Gasteiger partial charge in [0.15, 0.2) is 0 Å². The zero-order chi connectivity index (χ0) is 13.6. The molecule has 1 aromatic carbocycles. The van der Waals surface area contributed by atoms with Crippen molar-refractivity contribution < 1.29 is 0 Å². The molecule has 2 nitrogen and oxygen atoms in total. The second-order valence-corrected chi connectivity index (χ2v) is 5.79. The van der Waals surface area contributed by atoms with Gasteiger partial charge in [-0.1, -0.05) is 36.4 Å². The van der Waals surface area contributed by atoms with E-state index in [4.69, 9.17) is 0 Å². The van der Waals surface area contributed by atoms with Crippen LogP contribution < -0.4 is 5.32 Å². The van der Waals surface area contributed by atoms with E-state index in [0.717, 1.165) is 13.1 Å². The summed E-state index contributed by atoms with van der Waals surface area (Å²) >= 11 is 0. The van der Waals surface area contributed by atoms with Crippen LogP contribution in [0.15, 0.2) is 43.0 Å². The summed E-state index contributed by atoms with van der Waals surface area (Å²) in [5.41, 5.74) is 1.49. The van der Waals surface area contributed by atoms with Crippen molar-refractivity contribution >= 4 is 0 Å². The molecule has 0 bridgehead atoms. The highest BCUT2D eigenvalue weighted by Gasteiger charge is 2.18. The molecule has 1 rings (SSSR count). The van der Waals surface area contributed by atoms with Crippen LogP contribution in [0.2, 0.25) is 0 Å². The molecule has 0 spiro atoms. The summed E-state index contributed by atoms with van der Waals surface area (Å²) < 4.78 is 0. The van der Waals surface area contributed by atoms with Crippen molar-refractivity contribution in [2.24, 2.45) is 0 Å². The van der Waals surface area contributed by atoms with Gasteiger partial charge < -0.3 is 5.32 Å². The van der Waals surface area contributed by atoms with Gasteiger partial charge in [0, 0.05) is 24.7 Å². The molecule has 0 heterocycles. The second-order valence-electron chi connectivity index (χ2n) is 5.79. The highest BCUT2D eigenvalue weighted by Crippen LogP contribution is 2.19. The fourth-order valence-corrected chi connectivity index (χ4v) is 1.94. The predicted octanol–water partition coefficient (Wildman–Crippen LogP) is 3.23. The lowest BCUT2D eigenvalue weighted by molar-refractivity contribution is 0.243. The van der Waals surface area contributed by atoms with Crippen molar-refractivity contribution in [2.75, 3.05) is 20.1 Å². The van der Waals surface area contributed by atoms with E-state index in [0.29, 0.717) is 6.04 Å². The third-order valence-corrected chi connectivity index (χ3v) is 2.96. The van der Waals surface area contributed by atoms with Gasteiger partial charge in [-0.3, -0.25) is 4.90 Å². The van der Waals surface area contributed by atoms with Gasteiger partial charge in [-0.05, 0) is 33.4 Å². The average Bonchev–Trinajstić information content (AvgIpc) is 2.29. The minimum Gasteiger partial charge on any atom is -0.310 e. The van der Waals surface area contributed by atoms with Crippen LogP contribution in [0, 0.1) is 0 Å². The molecule has 1 N–H and O–H groups in total. The summed E-state index contributed by atoms with van der Waals surface area (Å²) in [5.74, 6) is 0. The highest BCUT2D eigenvalue weighted by molar-refractivity contribution is 5.19. The van der Waals surface area contributed by atoms with Crippen molar-refractivity contribution in [1.29, 1.82) is 0 Å². The molecule has 0 radical (unpaired) electrons. The molecule has 1 atom stereocenters. The molecule has 0 fully saturated rings. The Morgan fingerprint density at radius 3 is 2.39 bits per heavy atom. The van der Waals surface area contributed by atoms with Crippen LogP contribution in [-0.2, 0) is 0 Å². The molecule has 1 unspecified atom stereocenters. The summed E-state index contributed by atoms with van der Waals surface area (Å²) in [5, 5.41) is 3.58. The first-order valence-electron chi connectivity index (χ1n) is 6.55. The lowest BCUT2D eigenvalue weighted by Gasteiger charge is -2.31. The minimum atomic E-state index is 0.141. The van der Waals surface area contributed by atoms with Crippen LogP contribution in [0.1, 0.15) is 32.4 Å². The first-order chi connectivity index (χ1) is 8.44. The molecule has 0 saturated heterocycles. The number of hydrogen-bond acceptors (Lipinski definition) is 2. The molecule has 0 saturated carbocycles. The third-order valence-electron chi connectivity index (χ3n) is 2.96. The van der Waals surface area contributed by atoms with Crippen LogP contribution in [0.3, 0.4) is 0 Å². The van der Waals surface area contributed by atoms with Crippen LogP contribution in [0.4, 0.5) is 0 Å². The van der Waals surface area contributed by atoms with Crippen LogP contribution >= 0.6 is 0 Å². The molecule has 0 aliphatic rings. The molecular formula is C16H26N2. The van der Waals surface area contributed by atoms with E-state index in [9.17, 15) is 0 Å². The lowest BCUT2D eigenvalue weighted by atomic mass is 10.0. The summed E-state index contributed by atoms with van der Waals surface area (Å²) in [7, 11) is 2.14. The minimum absolute atomic E-state index is 0.141. The van der Waals surface area contributed by atoms with E-state index in [1.807, 2.05) is 6.08 Å². The van der Waals surface area contributed by atoms with E-state index in [2.05, 4.69) is 74.9 Å². The normalized spacial score (nSPS) is 13.6. The molecule has 1 aromatic rings. The Balaban J connectivity index is 2.79. The number of likely N-dealkylation sites (N-methyl/N-ethyl adjacent to an activating group) is 1. The zero-order valence-electron chi connectivity index (χ0n) is 12.1. The maximum absolute atomic E-state index is 3.82. The number of rotatable bonds is 6. The molecule has 0 aliphatic heterocycles. The molecule has 0 aromatic heterocycles. The highest BCUT2D eigenvalue weighted by atomic mass is 15.2. The number of benzene rings is 1. The van der Waals surface area contributed by atoms with Crippen LogP contribution in [0.25, 0.3) is 0 Å². The monoisotopic (exact) mass is 246 g/mol. The molecule has 18 heavy (non-hydrogen) atoms. The van der Waals surface area contributed by atoms with E-state index in [-0.39, 0.29) is 5.54 Å². The van der Waals surface area contributed by atoms with Gasteiger partial charge in [-0.15, -0.1) is 6.58 Å².